The first-order valence-electron chi connectivity index (χ1n) is 3.57. The maximum absolute atomic E-state index is 11.0. The number of aryl methyl sites for hydroxylation is 1. The zero-order chi connectivity index (χ0) is 10.2. The maximum Gasteiger partial charge on any atom is 0.295 e. The highest BCUT2D eigenvalue weighted by Gasteiger charge is 2.17. The summed E-state index contributed by atoms with van der Waals surface area (Å²) < 4.78 is 31.2. The van der Waals surface area contributed by atoms with E-state index in [2.05, 4.69) is 15.9 Å². The van der Waals surface area contributed by atoms with Crippen LogP contribution in [0.25, 0.3) is 0 Å². The Morgan fingerprint density at radius 3 is 2.23 bits per heavy atom. The molecular weight excluding hydrogens is 256 g/mol. The van der Waals surface area contributed by atoms with Crippen LogP contribution >= 0.6 is 15.9 Å². The normalized spacial score (nSPS) is 11.7. The van der Waals surface area contributed by atoms with Crippen LogP contribution in [-0.4, -0.2) is 13.0 Å². The minimum absolute atomic E-state index is 0.0486. The fraction of sp³-hybridized carbons (Fsp3) is 0.250. The second-order valence-electron chi connectivity index (χ2n) is 2.79. The lowest BCUT2D eigenvalue weighted by atomic mass is 10.1. The van der Waals surface area contributed by atoms with Crippen LogP contribution in [0.2, 0.25) is 0 Å². The topological polar surface area (TPSA) is 54.4 Å². The summed E-state index contributed by atoms with van der Waals surface area (Å²) in [6.45, 7) is 3.44. The summed E-state index contributed by atoms with van der Waals surface area (Å²) >= 11 is 3.08. The predicted molar refractivity (Wildman–Crippen MR) is 53.4 cm³/mol. The Morgan fingerprint density at radius 1 is 1.31 bits per heavy atom. The van der Waals surface area contributed by atoms with Crippen LogP contribution in [0.15, 0.2) is 21.5 Å². The van der Waals surface area contributed by atoms with Crippen LogP contribution in [0, 0.1) is 13.8 Å². The van der Waals surface area contributed by atoms with Crippen molar-refractivity contribution >= 4 is 26.0 Å². The highest BCUT2D eigenvalue weighted by molar-refractivity contribution is 9.10. The number of benzene rings is 1. The third-order valence-electron chi connectivity index (χ3n) is 1.89. The third-order valence-corrected chi connectivity index (χ3v) is 3.85. The number of halogens is 1. The Hall–Kier alpha value is -0.390. The van der Waals surface area contributed by atoms with E-state index < -0.39 is 10.1 Å². The van der Waals surface area contributed by atoms with E-state index in [1.807, 2.05) is 0 Å². The van der Waals surface area contributed by atoms with E-state index in [1.165, 1.54) is 0 Å². The van der Waals surface area contributed by atoms with Crippen LogP contribution < -0.4 is 0 Å². The molecule has 0 saturated heterocycles. The van der Waals surface area contributed by atoms with Crippen LogP contribution in [-0.2, 0) is 10.1 Å². The first-order valence-corrected chi connectivity index (χ1v) is 5.80. The molecule has 3 nitrogen and oxygen atoms in total. The van der Waals surface area contributed by atoms with Gasteiger partial charge in [-0.2, -0.15) is 8.42 Å². The molecule has 0 radical (unpaired) electrons. The van der Waals surface area contributed by atoms with Crippen molar-refractivity contribution < 1.29 is 13.0 Å². The highest BCUT2D eigenvalue weighted by Crippen LogP contribution is 2.27. The summed E-state index contributed by atoms with van der Waals surface area (Å²) in [4.78, 5) is -0.0486. The molecule has 5 heteroatoms. The first-order chi connectivity index (χ1) is 5.84. The molecule has 0 aromatic heterocycles. The van der Waals surface area contributed by atoms with Crippen LogP contribution in [0.4, 0.5) is 0 Å². The highest BCUT2D eigenvalue weighted by atomic mass is 79.9. The molecule has 0 fully saturated rings. The van der Waals surface area contributed by atoms with Gasteiger partial charge in [-0.15, -0.1) is 0 Å². The van der Waals surface area contributed by atoms with Gasteiger partial charge in [-0.05, 0) is 47.0 Å². The Bertz CT molecular complexity index is 437. The van der Waals surface area contributed by atoms with Crippen molar-refractivity contribution in [2.75, 3.05) is 0 Å². The summed E-state index contributed by atoms with van der Waals surface area (Å²) in [5.74, 6) is 0. The fourth-order valence-corrected chi connectivity index (χ4v) is 2.98. The van der Waals surface area contributed by atoms with Gasteiger partial charge in [0.2, 0.25) is 0 Å². The van der Waals surface area contributed by atoms with Crippen molar-refractivity contribution in [3.63, 3.8) is 0 Å². The number of hydrogen-bond donors (Lipinski definition) is 1. The molecule has 0 heterocycles. The Kier molecular flexibility index (Phi) is 2.79. The molecule has 1 aromatic rings. The van der Waals surface area contributed by atoms with Gasteiger partial charge in [0, 0.05) is 4.47 Å². The summed E-state index contributed by atoms with van der Waals surface area (Å²) in [5.41, 5.74) is 1.40. The molecule has 0 amide bonds. The summed E-state index contributed by atoms with van der Waals surface area (Å²) in [6.07, 6.45) is 0. The van der Waals surface area contributed by atoms with E-state index in [0.29, 0.717) is 10.0 Å². The van der Waals surface area contributed by atoms with Crippen molar-refractivity contribution in [2.45, 2.75) is 18.7 Å². The Morgan fingerprint density at radius 2 is 1.85 bits per heavy atom. The zero-order valence-corrected chi connectivity index (χ0v) is 9.61. The summed E-state index contributed by atoms with van der Waals surface area (Å²) in [5, 5.41) is 0. The molecule has 1 aromatic carbocycles. The molecule has 1 rings (SSSR count). The standard InChI is InChI=1S/C8H9BrO3S/c1-5-3-4-7(9)8(6(5)2)13(10,11)12/h3-4H,1-2H3,(H,10,11,12). The Labute approximate surface area is 85.7 Å². The average Bonchev–Trinajstić information content (AvgIpc) is 1.95. The molecule has 0 saturated carbocycles. The molecule has 72 valence electrons. The smallest absolute Gasteiger partial charge is 0.282 e. The van der Waals surface area contributed by atoms with Crippen LogP contribution in [0.1, 0.15) is 11.1 Å². The van der Waals surface area contributed by atoms with Gasteiger partial charge in [-0.3, -0.25) is 4.55 Å². The van der Waals surface area contributed by atoms with Crippen molar-refractivity contribution in [1.29, 1.82) is 0 Å². The molecule has 0 atom stereocenters. The quantitative estimate of drug-likeness (QED) is 0.793. The minimum Gasteiger partial charge on any atom is -0.282 e. The lowest BCUT2D eigenvalue weighted by Gasteiger charge is -2.07. The second-order valence-corrected chi connectivity index (χ2v) is 5.01. The van der Waals surface area contributed by atoms with Gasteiger partial charge < -0.3 is 0 Å². The molecule has 0 aliphatic heterocycles. The summed E-state index contributed by atoms with van der Waals surface area (Å²) in [6, 6.07) is 3.39. The molecule has 0 bridgehead atoms. The van der Waals surface area contributed by atoms with E-state index in [0.717, 1.165) is 5.56 Å². The van der Waals surface area contributed by atoms with Crippen molar-refractivity contribution in [2.24, 2.45) is 0 Å². The van der Waals surface area contributed by atoms with Gasteiger partial charge in [0.1, 0.15) is 4.90 Å². The molecule has 0 spiro atoms. The van der Waals surface area contributed by atoms with E-state index in [1.54, 1.807) is 26.0 Å². The number of rotatable bonds is 1. The van der Waals surface area contributed by atoms with Crippen LogP contribution in [0.5, 0.6) is 0 Å². The van der Waals surface area contributed by atoms with Crippen LogP contribution in [0.3, 0.4) is 0 Å². The lowest BCUT2D eigenvalue weighted by molar-refractivity contribution is 0.482. The Balaban J connectivity index is 3.62. The third kappa shape index (κ3) is 2.10. The molecule has 1 N–H and O–H groups in total. The van der Waals surface area contributed by atoms with Crippen molar-refractivity contribution in [1.82, 2.24) is 0 Å². The molecule has 13 heavy (non-hydrogen) atoms. The average molecular weight is 265 g/mol. The first kappa shape index (κ1) is 10.7. The minimum atomic E-state index is -4.13. The summed E-state index contributed by atoms with van der Waals surface area (Å²) in [7, 11) is -4.13. The lowest BCUT2D eigenvalue weighted by Crippen LogP contribution is -2.03. The fourth-order valence-electron chi connectivity index (χ4n) is 1.07. The largest absolute Gasteiger partial charge is 0.295 e. The van der Waals surface area contributed by atoms with E-state index >= 15 is 0 Å². The number of hydrogen-bond acceptors (Lipinski definition) is 2. The van der Waals surface area contributed by atoms with Gasteiger partial charge in [0.25, 0.3) is 10.1 Å². The van der Waals surface area contributed by atoms with E-state index in [4.69, 9.17) is 4.55 Å². The van der Waals surface area contributed by atoms with Gasteiger partial charge in [-0.25, -0.2) is 0 Å². The van der Waals surface area contributed by atoms with E-state index in [9.17, 15) is 8.42 Å². The zero-order valence-electron chi connectivity index (χ0n) is 7.20. The molecule has 0 aliphatic rings. The molecule has 0 aliphatic carbocycles. The van der Waals surface area contributed by atoms with E-state index in [-0.39, 0.29) is 4.90 Å². The second kappa shape index (κ2) is 3.40. The van der Waals surface area contributed by atoms with Gasteiger partial charge in [0.15, 0.2) is 0 Å². The van der Waals surface area contributed by atoms with Crippen molar-refractivity contribution in [3.05, 3.63) is 27.7 Å². The van der Waals surface area contributed by atoms with Gasteiger partial charge >= 0.3 is 0 Å². The predicted octanol–water partition coefficient (Wildman–Crippen LogP) is 2.31. The van der Waals surface area contributed by atoms with Gasteiger partial charge in [0.05, 0.1) is 0 Å². The van der Waals surface area contributed by atoms with Gasteiger partial charge in [-0.1, -0.05) is 6.07 Å². The molecule has 0 unspecified atom stereocenters. The SMILES string of the molecule is Cc1ccc(Br)c(S(=O)(=O)O)c1C. The maximum atomic E-state index is 11.0. The monoisotopic (exact) mass is 264 g/mol. The van der Waals surface area contributed by atoms with Crippen molar-refractivity contribution in [3.8, 4) is 0 Å². The molecular formula is C8H9BrO3S.